The van der Waals surface area contributed by atoms with E-state index in [0.717, 1.165) is 22.0 Å². The van der Waals surface area contributed by atoms with Crippen LogP contribution in [-0.4, -0.2) is 17.9 Å². The van der Waals surface area contributed by atoms with Crippen LogP contribution in [0.25, 0.3) is 10.8 Å². The first-order chi connectivity index (χ1) is 15.2. The molecule has 31 heavy (non-hydrogen) atoms. The average molecular weight is 409 g/mol. The molecule has 2 amide bonds. The van der Waals surface area contributed by atoms with Crippen LogP contribution >= 0.6 is 0 Å². The van der Waals surface area contributed by atoms with E-state index in [9.17, 15) is 9.59 Å². The third kappa shape index (κ3) is 5.28. The SMILES string of the molecule is O=C(NC(Cc1ccccc1)C(=O)NNc1ccccc1)c1ccc2ccccc2c1. The van der Waals surface area contributed by atoms with Crippen molar-refractivity contribution in [1.29, 1.82) is 0 Å². The Bertz CT molecular complexity index is 1180. The maximum atomic E-state index is 13.0. The van der Waals surface area contributed by atoms with Crippen LogP contribution in [0.15, 0.2) is 103 Å². The standard InChI is InChI=1S/C26H23N3O2/c30-25(22-16-15-20-11-7-8-12-21(20)18-22)27-24(17-19-9-3-1-4-10-19)26(31)29-28-23-13-5-2-6-14-23/h1-16,18,24,28H,17H2,(H,27,30)(H,29,31). The molecule has 0 saturated carbocycles. The molecule has 4 rings (SSSR count). The van der Waals surface area contributed by atoms with Gasteiger partial charge in [-0.25, -0.2) is 0 Å². The predicted octanol–water partition coefficient (Wildman–Crippen LogP) is 4.32. The fourth-order valence-electron chi connectivity index (χ4n) is 3.37. The Labute approximate surface area is 181 Å². The molecule has 5 heteroatoms. The van der Waals surface area contributed by atoms with Crippen LogP contribution in [0.5, 0.6) is 0 Å². The van der Waals surface area contributed by atoms with Gasteiger partial charge in [-0.1, -0.05) is 78.9 Å². The third-order valence-corrected chi connectivity index (χ3v) is 5.02. The summed E-state index contributed by atoms with van der Waals surface area (Å²) >= 11 is 0. The number of rotatable bonds is 7. The monoisotopic (exact) mass is 409 g/mol. The molecule has 0 aliphatic rings. The highest BCUT2D eigenvalue weighted by molar-refractivity contribution is 6.00. The second-order valence-corrected chi connectivity index (χ2v) is 7.26. The number of amides is 2. The van der Waals surface area contributed by atoms with E-state index in [1.165, 1.54) is 0 Å². The number of hydrazine groups is 1. The normalized spacial score (nSPS) is 11.5. The molecule has 0 aliphatic heterocycles. The zero-order valence-corrected chi connectivity index (χ0v) is 16.9. The van der Waals surface area contributed by atoms with Crippen molar-refractivity contribution in [2.75, 3.05) is 5.43 Å². The summed E-state index contributed by atoms with van der Waals surface area (Å²) in [6.07, 6.45) is 0.377. The Morgan fingerprint density at radius 3 is 2.10 bits per heavy atom. The van der Waals surface area contributed by atoms with Crippen molar-refractivity contribution < 1.29 is 9.59 Å². The number of benzene rings is 4. The number of carbonyl (C=O) groups is 2. The van der Waals surface area contributed by atoms with Gasteiger partial charge in [0.15, 0.2) is 0 Å². The Kier molecular flexibility index (Phi) is 6.24. The topological polar surface area (TPSA) is 70.2 Å². The van der Waals surface area contributed by atoms with Crippen molar-refractivity contribution in [3.05, 3.63) is 114 Å². The van der Waals surface area contributed by atoms with Gasteiger partial charge in [-0.3, -0.25) is 20.4 Å². The molecule has 1 unspecified atom stereocenters. The van der Waals surface area contributed by atoms with E-state index in [1.54, 1.807) is 6.07 Å². The van der Waals surface area contributed by atoms with Gasteiger partial charge in [0.2, 0.25) is 0 Å². The van der Waals surface area contributed by atoms with Crippen LogP contribution in [0.4, 0.5) is 5.69 Å². The summed E-state index contributed by atoms with van der Waals surface area (Å²) in [7, 11) is 0. The van der Waals surface area contributed by atoms with Crippen LogP contribution in [0, 0.1) is 0 Å². The molecule has 0 aromatic heterocycles. The number of carbonyl (C=O) groups excluding carboxylic acids is 2. The third-order valence-electron chi connectivity index (χ3n) is 5.02. The van der Waals surface area contributed by atoms with E-state index in [2.05, 4.69) is 16.2 Å². The fourth-order valence-corrected chi connectivity index (χ4v) is 3.37. The van der Waals surface area contributed by atoms with Crippen molar-refractivity contribution in [2.45, 2.75) is 12.5 Å². The summed E-state index contributed by atoms with van der Waals surface area (Å²) < 4.78 is 0. The lowest BCUT2D eigenvalue weighted by Crippen LogP contribution is -2.49. The van der Waals surface area contributed by atoms with Crippen LogP contribution < -0.4 is 16.2 Å². The van der Waals surface area contributed by atoms with Crippen molar-refractivity contribution >= 4 is 28.3 Å². The summed E-state index contributed by atoms with van der Waals surface area (Å²) in [6, 6.07) is 31.6. The van der Waals surface area contributed by atoms with E-state index in [1.807, 2.05) is 97.1 Å². The Hall–Kier alpha value is -4.12. The van der Waals surface area contributed by atoms with Gasteiger partial charge in [-0.2, -0.15) is 0 Å². The lowest BCUT2D eigenvalue weighted by molar-refractivity contribution is -0.122. The quantitative estimate of drug-likeness (QED) is 0.398. The molecule has 1 atom stereocenters. The second-order valence-electron chi connectivity index (χ2n) is 7.26. The van der Waals surface area contributed by atoms with Crippen LogP contribution in [0.1, 0.15) is 15.9 Å². The summed E-state index contributed by atoms with van der Waals surface area (Å²) in [5, 5.41) is 4.93. The molecule has 3 N–H and O–H groups in total. The molecular formula is C26H23N3O2. The smallest absolute Gasteiger partial charge is 0.261 e. The molecule has 0 aliphatic carbocycles. The second kappa shape index (κ2) is 9.59. The molecule has 0 spiro atoms. The van der Waals surface area contributed by atoms with Crippen molar-refractivity contribution in [1.82, 2.24) is 10.7 Å². The van der Waals surface area contributed by atoms with E-state index in [4.69, 9.17) is 0 Å². The summed E-state index contributed by atoms with van der Waals surface area (Å²) in [5.41, 5.74) is 7.83. The molecular weight excluding hydrogens is 386 g/mol. The summed E-state index contributed by atoms with van der Waals surface area (Å²) in [6.45, 7) is 0. The molecule has 0 fully saturated rings. The van der Waals surface area contributed by atoms with Crippen LogP contribution in [0.2, 0.25) is 0 Å². The van der Waals surface area contributed by atoms with Gasteiger partial charge < -0.3 is 5.32 Å². The first-order valence-electron chi connectivity index (χ1n) is 10.1. The van der Waals surface area contributed by atoms with Gasteiger partial charge in [0.1, 0.15) is 6.04 Å². The zero-order valence-electron chi connectivity index (χ0n) is 16.9. The van der Waals surface area contributed by atoms with E-state index in [-0.39, 0.29) is 11.8 Å². The highest BCUT2D eigenvalue weighted by Crippen LogP contribution is 2.16. The first kappa shape index (κ1) is 20.2. The van der Waals surface area contributed by atoms with Crippen molar-refractivity contribution in [2.24, 2.45) is 0 Å². The van der Waals surface area contributed by atoms with E-state index in [0.29, 0.717) is 12.0 Å². The zero-order chi connectivity index (χ0) is 21.5. The number of hydrogen-bond donors (Lipinski definition) is 3. The molecule has 154 valence electrons. The number of anilines is 1. The van der Waals surface area contributed by atoms with Crippen molar-refractivity contribution in [3.8, 4) is 0 Å². The van der Waals surface area contributed by atoms with Gasteiger partial charge in [0.25, 0.3) is 11.8 Å². The molecule has 0 saturated heterocycles. The number of para-hydroxylation sites is 1. The number of nitrogens with one attached hydrogen (secondary N) is 3. The Balaban J connectivity index is 1.51. The molecule has 0 bridgehead atoms. The Morgan fingerprint density at radius 1 is 0.710 bits per heavy atom. The minimum absolute atomic E-state index is 0.290. The first-order valence-corrected chi connectivity index (χ1v) is 10.1. The molecule has 0 heterocycles. The molecule has 4 aromatic carbocycles. The van der Waals surface area contributed by atoms with Gasteiger partial charge in [0, 0.05) is 12.0 Å². The lowest BCUT2D eigenvalue weighted by Gasteiger charge is -2.19. The minimum atomic E-state index is -0.738. The molecule has 5 nitrogen and oxygen atoms in total. The van der Waals surface area contributed by atoms with Crippen molar-refractivity contribution in [3.63, 3.8) is 0 Å². The maximum absolute atomic E-state index is 13.0. The van der Waals surface area contributed by atoms with Gasteiger partial charge in [-0.05, 0) is 40.6 Å². The van der Waals surface area contributed by atoms with Crippen LogP contribution in [0.3, 0.4) is 0 Å². The van der Waals surface area contributed by atoms with E-state index < -0.39 is 6.04 Å². The number of hydrogen-bond acceptors (Lipinski definition) is 3. The van der Waals surface area contributed by atoms with Gasteiger partial charge in [0.05, 0.1) is 5.69 Å². The minimum Gasteiger partial charge on any atom is -0.340 e. The maximum Gasteiger partial charge on any atom is 0.261 e. The molecule has 0 radical (unpaired) electrons. The average Bonchev–Trinajstić information content (AvgIpc) is 2.83. The number of fused-ring (bicyclic) bond motifs is 1. The van der Waals surface area contributed by atoms with Gasteiger partial charge >= 0.3 is 0 Å². The Morgan fingerprint density at radius 2 is 1.35 bits per heavy atom. The highest BCUT2D eigenvalue weighted by atomic mass is 16.2. The highest BCUT2D eigenvalue weighted by Gasteiger charge is 2.22. The predicted molar refractivity (Wildman–Crippen MR) is 124 cm³/mol. The summed E-state index contributed by atoms with van der Waals surface area (Å²) in [4.78, 5) is 25.9. The largest absolute Gasteiger partial charge is 0.340 e. The fraction of sp³-hybridized carbons (Fsp3) is 0.0769. The van der Waals surface area contributed by atoms with Gasteiger partial charge in [-0.15, -0.1) is 0 Å². The van der Waals surface area contributed by atoms with Crippen LogP contribution in [-0.2, 0) is 11.2 Å². The summed E-state index contributed by atoms with van der Waals surface area (Å²) in [5.74, 6) is -0.608. The lowest BCUT2D eigenvalue weighted by atomic mass is 10.0. The van der Waals surface area contributed by atoms with E-state index >= 15 is 0 Å². The molecule has 4 aromatic rings.